The summed E-state index contributed by atoms with van der Waals surface area (Å²) in [6.07, 6.45) is 83.9. The van der Waals surface area contributed by atoms with Gasteiger partial charge in [-0.15, -0.1) is 0 Å². The van der Waals surface area contributed by atoms with Crippen molar-refractivity contribution < 1.29 is 20.1 Å². The minimum Gasteiger partial charge on any atom is -0.394 e. The Balaban J connectivity index is 3.46. The van der Waals surface area contributed by atoms with Crippen molar-refractivity contribution in [3.63, 3.8) is 0 Å². The van der Waals surface area contributed by atoms with E-state index in [1.807, 2.05) is 0 Å². The van der Waals surface area contributed by atoms with E-state index in [0.29, 0.717) is 12.8 Å². The second kappa shape index (κ2) is 64.4. The molecule has 0 rings (SSSR count). The van der Waals surface area contributed by atoms with Crippen molar-refractivity contribution in [1.82, 2.24) is 5.32 Å². The number of amides is 1. The summed E-state index contributed by atoms with van der Waals surface area (Å²) < 4.78 is 0. The Bertz CT molecular complexity index is 1110. The van der Waals surface area contributed by atoms with Crippen molar-refractivity contribution in [2.45, 2.75) is 405 Å². The summed E-state index contributed by atoms with van der Waals surface area (Å²) >= 11 is 0. The van der Waals surface area contributed by atoms with Gasteiger partial charge >= 0.3 is 0 Å². The third-order valence-electron chi connectivity index (χ3n) is 16.3. The molecule has 0 spiro atoms. The molecular weight excluding hydrogens is 907 g/mol. The Morgan fingerprint density at radius 2 is 0.581 bits per heavy atom. The van der Waals surface area contributed by atoms with E-state index in [1.54, 1.807) is 0 Å². The van der Waals surface area contributed by atoms with Gasteiger partial charge in [0.15, 0.2) is 0 Å². The largest absolute Gasteiger partial charge is 0.394 e. The third-order valence-corrected chi connectivity index (χ3v) is 16.3. The number of aliphatic hydroxyl groups excluding tert-OH is 3. The standard InChI is InChI=1S/C69H135NO4/c1-3-5-7-9-11-13-15-17-19-21-23-25-27-28-29-30-31-32-33-34-35-36-37-38-39-40-42-44-46-48-50-52-54-56-58-60-62-64-68(73)70-66(65-71)69(74)67(72)63-61-59-57-55-53-51-49-47-45-43-41-26-24-22-20-18-16-14-12-10-8-6-4-2/h29-30,32-33,66-67,69,71-72,74H,3-28,31,34-65H2,1-2H3,(H,70,73)/b30-29-,33-32-. The van der Waals surface area contributed by atoms with Crippen LogP contribution < -0.4 is 5.32 Å². The molecule has 0 saturated heterocycles. The highest BCUT2D eigenvalue weighted by molar-refractivity contribution is 5.76. The van der Waals surface area contributed by atoms with E-state index in [2.05, 4.69) is 43.5 Å². The number of aliphatic hydroxyl groups is 3. The van der Waals surface area contributed by atoms with Crippen LogP contribution in [0.4, 0.5) is 0 Å². The monoisotopic (exact) mass is 1040 g/mol. The molecule has 3 atom stereocenters. The molecule has 0 aliphatic carbocycles. The van der Waals surface area contributed by atoms with Crippen LogP contribution in [0.2, 0.25) is 0 Å². The van der Waals surface area contributed by atoms with Crippen molar-refractivity contribution in [3.05, 3.63) is 24.3 Å². The van der Waals surface area contributed by atoms with E-state index in [-0.39, 0.29) is 12.5 Å². The molecule has 440 valence electrons. The van der Waals surface area contributed by atoms with Gasteiger partial charge in [0.25, 0.3) is 0 Å². The van der Waals surface area contributed by atoms with Crippen molar-refractivity contribution in [2.75, 3.05) is 6.61 Å². The summed E-state index contributed by atoms with van der Waals surface area (Å²) in [5.41, 5.74) is 0. The molecular formula is C69H135NO4. The van der Waals surface area contributed by atoms with Crippen LogP contribution in [0.25, 0.3) is 0 Å². The Morgan fingerprint density at radius 3 is 0.851 bits per heavy atom. The molecule has 0 aromatic rings. The highest BCUT2D eigenvalue weighted by atomic mass is 16.3. The molecule has 4 N–H and O–H groups in total. The van der Waals surface area contributed by atoms with Gasteiger partial charge in [0.05, 0.1) is 18.8 Å². The SMILES string of the molecule is CCCCCCCCCCCCCCC/C=C\C/C=C\CCCCCCCCCCCCCCCCCCCC(=O)NC(CO)C(O)C(O)CCCCCCCCCCCCCCCCCCCCCCCCC. The molecule has 0 aliphatic heterocycles. The van der Waals surface area contributed by atoms with E-state index in [9.17, 15) is 20.1 Å². The van der Waals surface area contributed by atoms with Gasteiger partial charge in [0.2, 0.25) is 5.91 Å². The molecule has 0 aliphatic rings. The van der Waals surface area contributed by atoms with Gasteiger partial charge in [-0.3, -0.25) is 4.79 Å². The number of allylic oxidation sites excluding steroid dienone is 4. The van der Waals surface area contributed by atoms with Gasteiger partial charge < -0.3 is 20.6 Å². The predicted octanol–water partition coefficient (Wildman–Crippen LogP) is 22.0. The zero-order valence-electron chi connectivity index (χ0n) is 50.5. The summed E-state index contributed by atoms with van der Waals surface area (Å²) in [5.74, 6) is -0.137. The first kappa shape index (κ1) is 72.8. The lowest BCUT2D eigenvalue weighted by molar-refractivity contribution is -0.124. The first-order chi connectivity index (χ1) is 36.6. The number of carbonyl (C=O) groups is 1. The van der Waals surface area contributed by atoms with Crippen molar-refractivity contribution in [1.29, 1.82) is 0 Å². The first-order valence-corrected chi connectivity index (χ1v) is 34.1. The smallest absolute Gasteiger partial charge is 0.220 e. The lowest BCUT2D eigenvalue weighted by atomic mass is 9.99. The second-order valence-corrected chi connectivity index (χ2v) is 23.7. The van der Waals surface area contributed by atoms with Crippen LogP contribution >= 0.6 is 0 Å². The zero-order valence-corrected chi connectivity index (χ0v) is 50.5. The topological polar surface area (TPSA) is 89.8 Å². The molecule has 5 heteroatoms. The number of hydrogen-bond donors (Lipinski definition) is 4. The van der Waals surface area contributed by atoms with Gasteiger partial charge in [-0.05, 0) is 44.9 Å². The minimum atomic E-state index is -1.14. The number of carbonyl (C=O) groups excluding carboxylic acids is 1. The second-order valence-electron chi connectivity index (χ2n) is 23.7. The normalized spacial score (nSPS) is 13.2. The fourth-order valence-corrected chi connectivity index (χ4v) is 11.1. The molecule has 5 nitrogen and oxygen atoms in total. The number of nitrogens with one attached hydrogen (secondary N) is 1. The third kappa shape index (κ3) is 58.5. The summed E-state index contributed by atoms with van der Waals surface area (Å²) in [5, 5.41) is 33.9. The van der Waals surface area contributed by atoms with E-state index >= 15 is 0 Å². The molecule has 0 radical (unpaired) electrons. The van der Waals surface area contributed by atoms with E-state index < -0.39 is 18.2 Å². The summed E-state index contributed by atoms with van der Waals surface area (Å²) in [6.45, 7) is 4.23. The van der Waals surface area contributed by atoms with Gasteiger partial charge in [-0.2, -0.15) is 0 Å². The van der Waals surface area contributed by atoms with E-state index in [4.69, 9.17) is 0 Å². The van der Waals surface area contributed by atoms with Crippen LogP contribution in [-0.4, -0.2) is 46.1 Å². The quantitative estimate of drug-likeness (QED) is 0.0361. The van der Waals surface area contributed by atoms with Gasteiger partial charge in [-0.1, -0.05) is 359 Å². The Kier molecular flexibility index (Phi) is 63.3. The van der Waals surface area contributed by atoms with Crippen LogP contribution in [0.3, 0.4) is 0 Å². The number of rotatable bonds is 64. The highest BCUT2D eigenvalue weighted by Gasteiger charge is 2.26. The van der Waals surface area contributed by atoms with Crippen LogP contribution in [-0.2, 0) is 4.79 Å². The fraction of sp³-hybridized carbons (Fsp3) is 0.928. The molecule has 0 saturated carbocycles. The highest BCUT2D eigenvalue weighted by Crippen LogP contribution is 2.19. The Morgan fingerprint density at radius 1 is 0.338 bits per heavy atom. The summed E-state index contributed by atoms with van der Waals surface area (Å²) in [7, 11) is 0. The Hall–Kier alpha value is -1.17. The molecule has 0 aromatic carbocycles. The van der Waals surface area contributed by atoms with E-state index in [1.165, 1.54) is 321 Å². The lowest BCUT2D eigenvalue weighted by Crippen LogP contribution is -2.50. The van der Waals surface area contributed by atoms with E-state index in [0.717, 1.165) is 38.5 Å². The van der Waals surface area contributed by atoms with Crippen LogP contribution in [0.1, 0.15) is 386 Å². The molecule has 0 heterocycles. The van der Waals surface area contributed by atoms with Crippen molar-refractivity contribution >= 4 is 5.91 Å². The molecule has 0 aromatic heterocycles. The van der Waals surface area contributed by atoms with Crippen LogP contribution in [0.15, 0.2) is 24.3 Å². The molecule has 1 amide bonds. The maximum Gasteiger partial charge on any atom is 0.220 e. The first-order valence-electron chi connectivity index (χ1n) is 34.1. The summed E-state index contributed by atoms with van der Waals surface area (Å²) in [4.78, 5) is 12.6. The molecule has 74 heavy (non-hydrogen) atoms. The minimum absolute atomic E-state index is 0.137. The molecule has 0 bridgehead atoms. The number of hydrogen-bond acceptors (Lipinski definition) is 4. The molecule has 3 unspecified atom stereocenters. The lowest BCUT2D eigenvalue weighted by Gasteiger charge is -2.26. The van der Waals surface area contributed by atoms with Crippen molar-refractivity contribution in [3.8, 4) is 0 Å². The van der Waals surface area contributed by atoms with Gasteiger partial charge in [0.1, 0.15) is 6.10 Å². The molecule has 0 fully saturated rings. The zero-order chi connectivity index (χ0) is 53.6. The maximum atomic E-state index is 12.6. The predicted molar refractivity (Wildman–Crippen MR) is 328 cm³/mol. The summed E-state index contributed by atoms with van der Waals surface area (Å²) in [6, 6.07) is -0.809. The fourth-order valence-electron chi connectivity index (χ4n) is 11.1. The Labute approximate surface area is 464 Å². The van der Waals surface area contributed by atoms with Gasteiger partial charge in [-0.25, -0.2) is 0 Å². The van der Waals surface area contributed by atoms with Crippen LogP contribution in [0, 0.1) is 0 Å². The number of unbranched alkanes of at least 4 members (excludes halogenated alkanes) is 52. The average molecular weight is 1040 g/mol. The van der Waals surface area contributed by atoms with Crippen LogP contribution in [0.5, 0.6) is 0 Å². The van der Waals surface area contributed by atoms with Gasteiger partial charge in [0, 0.05) is 6.42 Å². The van der Waals surface area contributed by atoms with Crippen molar-refractivity contribution in [2.24, 2.45) is 0 Å². The maximum absolute atomic E-state index is 12.6. The average Bonchev–Trinajstić information content (AvgIpc) is 3.41.